The van der Waals surface area contributed by atoms with Gasteiger partial charge in [0.15, 0.2) is 0 Å². The summed E-state index contributed by atoms with van der Waals surface area (Å²) < 4.78 is 27.4. The van der Waals surface area contributed by atoms with E-state index in [2.05, 4.69) is 5.32 Å². The minimum atomic E-state index is -0.607. The lowest BCUT2D eigenvalue weighted by Crippen LogP contribution is -2.53. The minimum absolute atomic E-state index is 0.0128. The molecule has 0 bridgehead atoms. The molecule has 2 aromatic carbocycles. The maximum atomic E-state index is 14.4. The SMILES string of the molecule is CC(CN)(NC(=O)c1ccc(-c2ccc(F)cc2)cc1F)C1CC1. The minimum Gasteiger partial charge on any atom is -0.345 e. The molecule has 1 unspecified atom stereocenters. The summed E-state index contributed by atoms with van der Waals surface area (Å²) in [7, 11) is 0. The summed E-state index contributed by atoms with van der Waals surface area (Å²) >= 11 is 0. The molecule has 0 spiro atoms. The second-order valence-electron chi connectivity index (χ2n) is 6.55. The third kappa shape index (κ3) is 3.31. The van der Waals surface area contributed by atoms with E-state index >= 15 is 0 Å². The third-order valence-corrected chi connectivity index (χ3v) is 4.69. The molecule has 0 aliphatic heterocycles. The molecule has 0 radical (unpaired) electrons. The van der Waals surface area contributed by atoms with Gasteiger partial charge in [-0.15, -0.1) is 0 Å². The Morgan fingerprint density at radius 2 is 1.79 bits per heavy atom. The predicted molar refractivity (Wildman–Crippen MR) is 89.4 cm³/mol. The fraction of sp³-hybridized carbons (Fsp3) is 0.316. The Bertz CT molecular complexity index is 756. The van der Waals surface area contributed by atoms with Crippen LogP contribution in [0.3, 0.4) is 0 Å². The zero-order valence-electron chi connectivity index (χ0n) is 13.5. The van der Waals surface area contributed by atoms with Crippen molar-refractivity contribution in [2.45, 2.75) is 25.3 Å². The van der Waals surface area contributed by atoms with Crippen molar-refractivity contribution in [2.75, 3.05) is 6.54 Å². The number of hydrogen-bond acceptors (Lipinski definition) is 2. The van der Waals surface area contributed by atoms with Crippen molar-refractivity contribution in [2.24, 2.45) is 11.7 Å². The normalized spacial score (nSPS) is 16.5. The molecule has 5 heteroatoms. The highest BCUT2D eigenvalue weighted by molar-refractivity contribution is 5.95. The van der Waals surface area contributed by atoms with Gasteiger partial charge in [0.25, 0.3) is 5.91 Å². The molecule has 1 fully saturated rings. The van der Waals surface area contributed by atoms with Gasteiger partial charge in [-0.25, -0.2) is 8.78 Å². The predicted octanol–water partition coefficient (Wildman–Crippen LogP) is 3.49. The molecule has 1 atom stereocenters. The van der Waals surface area contributed by atoms with E-state index in [0.29, 0.717) is 23.6 Å². The van der Waals surface area contributed by atoms with Crippen LogP contribution in [0.25, 0.3) is 11.1 Å². The lowest BCUT2D eigenvalue weighted by Gasteiger charge is -2.29. The fourth-order valence-electron chi connectivity index (χ4n) is 2.89. The van der Waals surface area contributed by atoms with Crippen LogP contribution in [0.4, 0.5) is 8.78 Å². The van der Waals surface area contributed by atoms with Gasteiger partial charge in [0, 0.05) is 6.54 Å². The van der Waals surface area contributed by atoms with Gasteiger partial charge in [0.2, 0.25) is 0 Å². The van der Waals surface area contributed by atoms with Crippen molar-refractivity contribution in [3.8, 4) is 11.1 Å². The summed E-state index contributed by atoms with van der Waals surface area (Å²) in [4.78, 5) is 12.4. The van der Waals surface area contributed by atoms with E-state index in [1.807, 2.05) is 6.92 Å². The van der Waals surface area contributed by atoms with Crippen molar-refractivity contribution < 1.29 is 13.6 Å². The topological polar surface area (TPSA) is 55.1 Å². The van der Waals surface area contributed by atoms with Crippen LogP contribution in [0.15, 0.2) is 42.5 Å². The molecular weight excluding hydrogens is 310 g/mol. The molecule has 2 aromatic rings. The Kier molecular flexibility index (Phi) is 4.37. The van der Waals surface area contributed by atoms with Crippen LogP contribution in [-0.2, 0) is 0 Å². The van der Waals surface area contributed by atoms with Crippen molar-refractivity contribution in [3.63, 3.8) is 0 Å². The van der Waals surface area contributed by atoms with Crippen LogP contribution in [-0.4, -0.2) is 18.0 Å². The van der Waals surface area contributed by atoms with Crippen LogP contribution in [0.2, 0.25) is 0 Å². The van der Waals surface area contributed by atoms with E-state index in [9.17, 15) is 13.6 Å². The Labute approximate surface area is 139 Å². The molecule has 3 N–H and O–H groups in total. The van der Waals surface area contributed by atoms with Crippen LogP contribution in [0, 0.1) is 17.6 Å². The molecule has 3 rings (SSSR count). The highest BCUT2D eigenvalue weighted by Crippen LogP contribution is 2.39. The number of halogens is 2. The van der Waals surface area contributed by atoms with Crippen molar-refractivity contribution in [1.29, 1.82) is 0 Å². The van der Waals surface area contributed by atoms with E-state index in [0.717, 1.165) is 12.8 Å². The second-order valence-corrected chi connectivity index (χ2v) is 6.55. The van der Waals surface area contributed by atoms with Gasteiger partial charge in [0.05, 0.1) is 11.1 Å². The lowest BCUT2D eigenvalue weighted by atomic mass is 9.95. The first kappa shape index (κ1) is 16.6. The van der Waals surface area contributed by atoms with Gasteiger partial charge in [-0.2, -0.15) is 0 Å². The number of hydrogen-bond donors (Lipinski definition) is 2. The Balaban J connectivity index is 1.81. The van der Waals surface area contributed by atoms with E-state index in [-0.39, 0.29) is 11.4 Å². The van der Waals surface area contributed by atoms with E-state index in [1.165, 1.54) is 24.3 Å². The number of nitrogens with two attached hydrogens (primary N) is 1. The zero-order chi connectivity index (χ0) is 17.3. The summed E-state index contributed by atoms with van der Waals surface area (Å²) in [6, 6.07) is 10.2. The molecule has 1 amide bonds. The van der Waals surface area contributed by atoms with E-state index < -0.39 is 17.3 Å². The van der Waals surface area contributed by atoms with Crippen molar-refractivity contribution in [1.82, 2.24) is 5.32 Å². The smallest absolute Gasteiger partial charge is 0.254 e. The van der Waals surface area contributed by atoms with Crippen LogP contribution in [0.1, 0.15) is 30.1 Å². The Hall–Kier alpha value is -2.27. The number of carbonyl (C=O) groups is 1. The van der Waals surface area contributed by atoms with E-state index in [1.54, 1.807) is 18.2 Å². The summed E-state index contributed by atoms with van der Waals surface area (Å²) in [5.74, 6) is -1.06. The average Bonchev–Trinajstić information content (AvgIpc) is 3.40. The van der Waals surface area contributed by atoms with Gasteiger partial charge in [-0.05, 0) is 61.1 Å². The summed E-state index contributed by atoms with van der Waals surface area (Å²) in [5, 5.41) is 2.88. The first-order valence-corrected chi connectivity index (χ1v) is 8.01. The quantitative estimate of drug-likeness (QED) is 0.882. The Morgan fingerprint density at radius 1 is 1.17 bits per heavy atom. The lowest BCUT2D eigenvalue weighted by molar-refractivity contribution is 0.0893. The standard InChI is InChI=1S/C19H20F2N2O/c1-19(11-22,14-5-6-14)23-18(24)16-9-4-13(10-17(16)21)12-2-7-15(20)8-3-12/h2-4,7-10,14H,5-6,11,22H2,1H3,(H,23,24). The molecule has 0 aromatic heterocycles. The molecule has 0 heterocycles. The van der Waals surface area contributed by atoms with Gasteiger partial charge >= 0.3 is 0 Å². The molecule has 0 saturated heterocycles. The summed E-state index contributed by atoms with van der Waals surface area (Å²) in [6.07, 6.45) is 2.06. The number of carbonyl (C=O) groups excluding carboxylic acids is 1. The highest BCUT2D eigenvalue weighted by Gasteiger charge is 2.41. The van der Waals surface area contributed by atoms with Gasteiger partial charge in [-0.3, -0.25) is 4.79 Å². The molecule has 3 nitrogen and oxygen atoms in total. The maximum Gasteiger partial charge on any atom is 0.254 e. The molecule has 1 saturated carbocycles. The largest absolute Gasteiger partial charge is 0.345 e. The third-order valence-electron chi connectivity index (χ3n) is 4.69. The van der Waals surface area contributed by atoms with Crippen LogP contribution >= 0.6 is 0 Å². The number of benzene rings is 2. The molecule has 1 aliphatic carbocycles. The van der Waals surface area contributed by atoms with Crippen LogP contribution in [0.5, 0.6) is 0 Å². The molecule has 1 aliphatic rings. The summed E-state index contributed by atoms with van der Waals surface area (Å²) in [5.41, 5.74) is 6.55. The maximum absolute atomic E-state index is 14.4. The molecule has 24 heavy (non-hydrogen) atoms. The average molecular weight is 330 g/mol. The second kappa shape index (κ2) is 6.32. The first-order chi connectivity index (χ1) is 11.4. The van der Waals surface area contributed by atoms with E-state index in [4.69, 9.17) is 5.73 Å². The van der Waals surface area contributed by atoms with Gasteiger partial charge in [0.1, 0.15) is 11.6 Å². The van der Waals surface area contributed by atoms with Crippen LogP contribution < -0.4 is 11.1 Å². The number of amides is 1. The Morgan fingerprint density at radius 3 is 2.33 bits per heavy atom. The van der Waals surface area contributed by atoms with Gasteiger partial charge < -0.3 is 11.1 Å². The summed E-state index contributed by atoms with van der Waals surface area (Å²) in [6.45, 7) is 2.21. The monoisotopic (exact) mass is 330 g/mol. The highest BCUT2D eigenvalue weighted by atomic mass is 19.1. The first-order valence-electron chi connectivity index (χ1n) is 8.01. The van der Waals surface area contributed by atoms with Crippen molar-refractivity contribution in [3.05, 3.63) is 59.7 Å². The zero-order valence-corrected chi connectivity index (χ0v) is 13.5. The van der Waals surface area contributed by atoms with Crippen molar-refractivity contribution >= 4 is 5.91 Å². The number of rotatable bonds is 5. The number of nitrogens with one attached hydrogen (secondary N) is 1. The van der Waals surface area contributed by atoms with Gasteiger partial charge in [-0.1, -0.05) is 18.2 Å². The fourth-order valence-corrected chi connectivity index (χ4v) is 2.89. The molecular formula is C19H20F2N2O. The molecule has 126 valence electrons.